The molecule has 0 radical (unpaired) electrons. The van der Waals surface area contributed by atoms with Gasteiger partial charge in [-0.05, 0) is 18.2 Å². The molecule has 0 aliphatic carbocycles. The highest BCUT2D eigenvalue weighted by molar-refractivity contribution is 5.97. The fourth-order valence-electron chi connectivity index (χ4n) is 2.24. The van der Waals surface area contributed by atoms with Crippen molar-refractivity contribution < 1.29 is 9.15 Å². The SMILES string of the molecule is C=c1c(=C2NN=C(c3cccnc3)O2)oc2ccccc12. The van der Waals surface area contributed by atoms with E-state index >= 15 is 0 Å². The molecule has 5 heteroatoms. The van der Waals surface area contributed by atoms with E-state index in [4.69, 9.17) is 9.15 Å². The Hall–Kier alpha value is -3.08. The van der Waals surface area contributed by atoms with Crippen LogP contribution in [0.5, 0.6) is 0 Å². The highest BCUT2D eigenvalue weighted by Gasteiger charge is 2.18. The van der Waals surface area contributed by atoms with Gasteiger partial charge in [0.15, 0.2) is 5.42 Å². The number of aromatic nitrogens is 1. The Morgan fingerprint density at radius 1 is 1.10 bits per heavy atom. The maximum absolute atomic E-state index is 5.79. The third-order valence-corrected chi connectivity index (χ3v) is 3.27. The first-order valence-corrected chi connectivity index (χ1v) is 6.46. The number of rotatable bonds is 1. The molecule has 21 heavy (non-hydrogen) atoms. The molecule has 102 valence electrons. The molecular formula is C16H11N3O2. The minimum atomic E-state index is 0.440. The monoisotopic (exact) mass is 277 g/mol. The molecular weight excluding hydrogens is 266 g/mol. The fraction of sp³-hybridized carbons (Fsp3) is 0. The Morgan fingerprint density at radius 2 is 2.00 bits per heavy atom. The summed E-state index contributed by atoms with van der Waals surface area (Å²) < 4.78 is 11.5. The summed E-state index contributed by atoms with van der Waals surface area (Å²) in [4.78, 5) is 4.05. The quantitative estimate of drug-likeness (QED) is 0.728. The Morgan fingerprint density at radius 3 is 2.81 bits per heavy atom. The van der Waals surface area contributed by atoms with Crippen molar-refractivity contribution in [3.63, 3.8) is 0 Å². The zero-order valence-electron chi connectivity index (χ0n) is 11.0. The standard InChI is InChI=1S/C16H11N3O2/c1-10-12-6-2-3-7-13(12)20-14(10)16-19-18-15(21-16)11-5-4-8-17-9-11/h2-9,19H,1H2. The first kappa shape index (κ1) is 11.7. The van der Waals surface area contributed by atoms with E-state index < -0.39 is 0 Å². The number of pyridine rings is 1. The minimum absolute atomic E-state index is 0.440. The van der Waals surface area contributed by atoms with Crippen molar-refractivity contribution in [3.8, 4) is 0 Å². The zero-order valence-corrected chi connectivity index (χ0v) is 11.0. The van der Waals surface area contributed by atoms with Crippen molar-refractivity contribution in [1.29, 1.82) is 0 Å². The van der Waals surface area contributed by atoms with Gasteiger partial charge < -0.3 is 9.15 Å². The maximum Gasteiger partial charge on any atom is 0.259 e. The summed E-state index contributed by atoms with van der Waals surface area (Å²) in [6, 6.07) is 11.4. The van der Waals surface area contributed by atoms with Crippen LogP contribution in [0.2, 0.25) is 0 Å². The molecule has 1 aliphatic heterocycles. The van der Waals surface area contributed by atoms with Gasteiger partial charge in [0.2, 0.25) is 5.90 Å². The van der Waals surface area contributed by atoms with Crippen LogP contribution < -0.4 is 16.1 Å². The van der Waals surface area contributed by atoms with Crippen LogP contribution in [0.4, 0.5) is 0 Å². The maximum atomic E-state index is 5.79. The van der Waals surface area contributed by atoms with Crippen LogP contribution in [-0.4, -0.2) is 10.9 Å². The number of furan rings is 1. The van der Waals surface area contributed by atoms with E-state index in [1.54, 1.807) is 12.4 Å². The van der Waals surface area contributed by atoms with Crippen LogP contribution in [0.15, 0.2) is 58.3 Å². The van der Waals surface area contributed by atoms with Crippen molar-refractivity contribution in [2.45, 2.75) is 0 Å². The second kappa shape index (κ2) is 4.49. The zero-order chi connectivity index (χ0) is 14.2. The lowest BCUT2D eigenvalue weighted by molar-refractivity contribution is 0.467. The number of nitrogens with zero attached hydrogens (tertiary/aromatic N) is 2. The third-order valence-electron chi connectivity index (χ3n) is 3.27. The summed E-state index contributed by atoms with van der Waals surface area (Å²) in [5.74, 6) is 0.896. The second-order valence-electron chi connectivity index (χ2n) is 4.61. The molecule has 5 nitrogen and oxygen atoms in total. The Balaban J connectivity index is 1.81. The Labute approximate surface area is 119 Å². The normalized spacial score (nSPS) is 16.5. The number of hydrazone groups is 1. The minimum Gasteiger partial charge on any atom is -0.450 e. The van der Waals surface area contributed by atoms with Crippen molar-refractivity contribution in [2.24, 2.45) is 5.10 Å². The van der Waals surface area contributed by atoms with Gasteiger partial charge in [-0.1, -0.05) is 24.8 Å². The van der Waals surface area contributed by atoms with Gasteiger partial charge >= 0.3 is 0 Å². The van der Waals surface area contributed by atoms with Gasteiger partial charge in [-0.25, -0.2) is 5.43 Å². The van der Waals surface area contributed by atoms with Crippen LogP contribution in [0, 0.1) is 0 Å². The van der Waals surface area contributed by atoms with Gasteiger partial charge in [-0.2, -0.15) is 0 Å². The van der Waals surface area contributed by atoms with Crippen LogP contribution >= 0.6 is 0 Å². The van der Waals surface area contributed by atoms with E-state index in [1.165, 1.54) is 0 Å². The molecule has 0 saturated carbocycles. The lowest BCUT2D eigenvalue weighted by Crippen LogP contribution is -2.25. The summed E-state index contributed by atoms with van der Waals surface area (Å²) in [5.41, 5.74) is 4.96. The number of hydrogen-bond acceptors (Lipinski definition) is 5. The lowest BCUT2D eigenvalue weighted by Gasteiger charge is -1.98. The number of fused-ring (bicyclic) bond motifs is 1. The van der Waals surface area contributed by atoms with E-state index in [0.29, 0.717) is 17.2 Å². The molecule has 0 bridgehead atoms. The number of hydrogen-bond donors (Lipinski definition) is 1. The molecule has 4 rings (SSSR count). The smallest absolute Gasteiger partial charge is 0.259 e. The van der Waals surface area contributed by atoms with Crippen molar-refractivity contribution in [3.05, 3.63) is 65.0 Å². The summed E-state index contributed by atoms with van der Waals surface area (Å²) in [7, 11) is 0. The molecule has 0 amide bonds. The summed E-state index contributed by atoms with van der Waals surface area (Å²) in [5, 5.41) is 5.89. The molecule has 1 N–H and O–H groups in total. The van der Waals surface area contributed by atoms with Gasteiger partial charge in [0.1, 0.15) is 5.58 Å². The second-order valence-corrected chi connectivity index (χ2v) is 4.61. The van der Waals surface area contributed by atoms with Crippen molar-refractivity contribution in [1.82, 2.24) is 10.4 Å². The summed E-state index contributed by atoms with van der Waals surface area (Å²) >= 11 is 0. The highest BCUT2D eigenvalue weighted by Crippen LogP contribution is 2.11. The number of nitrogens with one attached hydrogen (secondary N) is 1. The predicted octanol–water partition coefficient (Wildman–Crippen LogP) is 1.29. The van der Waals surface area contributed by atoms with E-state index in [1.807, 2.05) is 36.4 Å². The molecule has 0 spiro atoms. The molecule has 1 aromatic carbocycles. The van der Waals surface area contributed by atoms with E-state index in [0.717, 1.165) is 21.8 Å². The number of para-hydroxylation sites is 1. The highest BCUT2D eigenvalue weighted by atomic mass is 16.5. The molecule has 0 atom stereocenters. The number of benzene rings is 1. The van der Waals surface area contributed by atoms with Crippen LogP contribution in [0.1, 0.15) is 5.56 Å². The fourth-order valence-corrected chi connectivity index (χ4v) is 2.24. The lowest BCUT2D eigenvalue weighted by atomic mass is 10.2. The van der Waals surface area contributed by atoms with Gasteiger partial charge in [0.05, 0.1) is 5.56 Å². The van der Waals surface area contributed by atoms with Gasteiger partial charge in [0, 0.05) is 23.0 Å². The third kappa shape index (κ3) is 1.87. The van der Waals surface area contributed by atoms with Gasteiger partial charge in [-0.3, -0.25) is 4.98 Å². The van der Waals surface area contributed by atoms with Gasteiger partial charge in [-0.15, -0.1) is 5.10 Å². The van der Waals surface area contributed by atoms with Gasteiger partial charge in [0.25, 0.3) is 5.88 Å². The van der Waals surface area contributed by atoms with Crippen LogP contribution in [0.25, 0.3) is 23.4 Å². The molecule has 2 aromatic heterocycles. The van der Waals surface area contributed by atoms with Crippen molar-refractivity contribution in [2.75, 3.05) is 0 Å². The van der Waals surface area contributed by atoms with E-state index in [2.05, 4.69) is 22.1 Å². The first-order valence-electron chi connectivity index (χ1n) is 6.46. The topological polar surface area (TPSA) is 59.7 Å². The van der Waals surface area contributed by atoms with Crippen LogP contribution in [0.3, 0.4) is 0 Å². The molecule has 0 unspecified atom stereocenters. The molecule has 1 aliphatic rings. The molecule has 3 aromatic rings. The molecule has 3 heterocycles. The average molecular weight is 277 g/mol. The number of ether oxygens (including phenoxy) is 1. The average Bonchev–Trinajstić information content (AvgIpc) is 3.14. The Kier molecular flexibility index (Phi) is 2.50. The first-order chi connectivity index (χ1) is 10.3. The molecule has 0 saturated heterocycles. The largest absolute Gasteiger partial charge is 0.450 e. The van der Waals surface area contributed by atoms with Crippen molar-refractivity contribution >= 4 is 29.3 Å². The Bertz CT molecular complexity index is 958. The molecule has 0 fully saturated rings. The van der Waals surface area contributed by atoms with Crippen LogP contribution in [-0.2, 0) is 4.74 Å². The summed E-state index contributed by atoms with van der Waals surface area (Å²) in [6.07, 6.45) is 3.39. The predicted molar refractivity (Wildman–Crippen MR) is 79.4 cm³/mol. The summed E-state index contributed by atoms with van der Waals surface area (Å²) in [6.45, 7) is 4.05. The van der Waals surface area contributed by atoms with E-state index in [9.17, 15) is 0 Å². The van der Waals surface area contributed by atoms with E-state index in [-0.39, 0.29) is 0 Å².